The van der Waals surface area contributed by atoms with Gasteiger partial charge in [0.05, 0.1) is 0 Å². The van der Waals surface area contributed by atoms with E-state index >= 15 is 0 Å². The van der Waals surface area contributed by atoms with Crippen LogP contribution in [0.25, 0.3) is 53.9 Å². The molecule has 3 atom stereocenters. The standard InChI is InChI=1S/2C21H28.C19H28.2C19H26.C16H20/c1-15-17-12-8-9-13-18(17)19(14-20(15)21(2,3)4)16-10-6-5-7-11-16;1-15-13-17-11-8-12-18(16-9-6-5-7-10-16)19(17)14-20(15)21(2,3)4;1-12-8-16(11-18(13(12)2)19(3,4)5)17-10-14-6-7-15(17)9-14;1-13-11-14-9-8-10-16(18(2,3)4)15(14)12-17(13)19(5,6)7;1-13-14-10-8-9-11-15(14)17(19(5,6)7)12-16(13)18(2,3)4;1-11-10-13-8-6-7-9-14(13)15(12(11)2)16(3,4)5/h8-9,12-14,16H,5-7,10-11H2,1-4H3;8,11-14,16H,5-7,9-10H2,1-4H3;8,11,14-15,17H,6-7,9-10H2,1-5H3;2*8-12H,1-7H3;6-10H,1-5H3. The number of hydrogen-bond donors (Lipinski definition) is 0. The fraction of sp³-hybridized carbons (Fsp3) is 0.513. The van der Waals surface area contributed by atoms with Crippen molar-refractivity contribution < 1.29 is 0 Å². The smallest absolute Gasteiger partial charge is 0.0123 e. The van der Waals surface area contributed by atoms with Crippen molar-refractivity contribution in [1.29, 1.82) is 0 Å². The van der Waals surface area contributed by atoms with Crippen molar-refractivity contribution in [1.82, 2.24) is 0 Å². The van der Waals surface area contributed by atoms with Crippen LogP contribution in [-0.2, 0) is 43.3 Å². The SMILES string of the molecule is Cc1c(C(C)(C)C)cc(C(C)(C)C)c2ccccc12.Cc1c(C(C)(C)C)cc(C2CCCCC2)c2ccccc12.Cc1cc(C2CC3CCC2C3)cc(C(C)(C)C)c1C.Cc1cc2cccc(C(C)(C)C)c2cc1C(C)(C)C.Cc1cc2cccc(C3CCCCC3)c2cc1C(C)(C)C.Cc1cc2ccccc2c(C(C)(C)C)c1C. The van der Waals surface area contributed by atoms with Crippen LogP contribution in [0, 0.1) is 67.2 Å². The van der Waals surface area contributed by atoms with E-state index in [0.717, 1.165) is 29.6 Å². The van der Waals surface area contributed by atoms with E-state index in [1.807, 2.05) is 0 Å². The largest absolute Gasteiger partial charge is 0.0616 e. The highest BCUT2D eigenvalue weighted by Crippen LogP contribution is 2.54. The molecule has 0 nitrogen and oxygen atoms in total. The summed E-state index contributed by atoms with van der Waals surface area (Å²) in [6.45, 7) is 73.5. The minimum atomic E-state index is 0.174. The zero-order valence-corrected chi connectivity index (χ0v) is 78.9. The van der Waals surface area contributed by atoms with Crippen LogP contribution >= 0.6 is 0 Å². The molecule has 0 aliphatic heterocycles. The van der Waals surface area contributed by atoms with Crippen LogP contribution in [0.2, 0.25) is 0 Å². The summed E-state index contributed by atoms with van der Waals surface area (Å²) in [7, 11) is 0. The van der Waals surface area contributed by atoms with Crippen molar-refractivity contribution in [2.75, 3.05) is 0 Å². The molecular formula is C115H156. The fourth-order valence-corrected chi connectivity index (χ4v) is 21.0. The van der Waals surface area contributed by atoms with Crippen LogP contribution < -0.4 is 0 Å². The third-order valence-corrected chi connectivity index (χ3v) is 27.1. The summed E-state index contributed by atoms with van der Waals surface area (Å²) in [4.78, 5) is 0. The molecule has 0 amide bonds. The van der Waals surface area contributed by atoms with Gasteiger partial charge in [-0.2, -0.15) is 0 Å². The molecule has 0 spiro atoms. The average Bonchev–Trinajstić information content (AvgIpc) is 1.20. The van der Waals surface area contributed by atoms with Gasteiger partial charge in [0, 0.05) is 0 Å². The topological polar surface area (TPSA) is 0 Å². The predicted octanol–water partition coefficient (Wildman–Crippen LogP) is 34.7. The Balaban J connectivity index is 0.000000146. The highest BCUT2D eigenvalue weighted by molar-refractivity contribution is 5.93. The summed E-state index contributed by atoms with van der Waals surface area (Å²) in [5, 5.41) is 14.2. The lowest BCUT2D eigenvalue weighted by Crippen LogP contribution is -2.18. The summed E-state index contributed by atoms with van der Waals surface area (Å²) >= 11 is 0. The van der Waals surface area contributed by atoms with Gasteiger partial charge in [-0.25, -0.2) is 0 Å². The van der Waals surface area contributed by atoms with Crippen LogP contribution in [0.1, 0.15) is 380 Å². The minimum Gasteiger partial charge on any atom is -0.0616 e. The molecule has 0 aromatic heterocycles. The molecule has 11 aromatic carbocycles. The molecule has 4 fully saturated rings. The molecule has 115 heavy (non-hydrogen) atoms. The first-order chi connectivity index (χ1) is 53.4. The number of hydrogen-bond acceptors (Lipinski definition) is 0. The van der Waals surface area contributed by atoms with E-state index in [0.29, 0.717) is 0 Å². The highest BCUT2D eigenvalue weighted by atomic mass is 14.5. The Kier molecular flexibility index (Phi) is 27.7. The predicted molar refractivity (Wildman–Crippen MR) is 514 cm³/mol. The Morgan fingerprint density at radius 3 is 1.10 bits per heavy atom. The van der Waals surface area contributed by atoms with E-state index in [1.54, 1.807) is 22.3 Å². The Hall–Kier alpha value is -7.28. The first kappa shape index (κ1) is 90.1. The molecule has 4 saturated carbocycles. The molecular weight excluding hydrogens is 1380 g/mol. The molecule has 4 aliphatic carbocycles. The van der Waals surface area contributed by atoms with Gasteiger partial charge in [0.1, 0.15) is 0 Å². The lowest BCUT2D eigenvalue weighted by molar-refractivity contribution is 0.419. The first-order valence-corrected chi connectivity index (χ1v) is 45.2. The second-order valence-electron chi connectivity index (χ2n) is 44.6. The van der Waals surface area contributed by atoms with Gasteiger partial charge in [-0.1, -0.05) is 375 Å². The molecule has 15 rings (SSSR count). The number of aryl methyl sites for hydroxylation is 6. The molecule has 0 heteroatoms. The quantitative estimate of drug-likeness (QED) is 0.165. The zero-order chi connectivity index (χ0) is 84.6. The van der Waals surface area contributed by atoms with Crippen molar-refractivity contribution in [3.8, 4) is 0 Å². The van der Waals surface area contributed by atoms with Crippen LogP contribution in [-0.4, -0.2) is 0 Å². The Labute approximate surface area is 703 Å². The van der Waals surface area contributed by atoms with E-state index in [1.165, 1.54) is 227 Å². The second kappa shape index (κ2) is 35.3. The maximum absolute atomic E-state index is 2.54. The van der Waals surface area contributed by atoms with Gasteiger partial charge in [-0.05, 0) is 333 Å². The maximum atomic E-state index is 2.54. The van der Waals surface area contributed by atoms with Gasteiger partial charge >= 0.3 is 0 Å². The lowest BCUT2D eigenvalue weighted by atomic mass is 9.76. The summed E-state index contributed by atoms with van der Waals surface area (Å²) < 4.78 is 0. The van der Waals surface area contributed by atoms with Crippen molar-refractivity contribution in [3.05, 3.63) is 269 Å². The third-order valence-electron chi connectivity index (χ3n) is 27.1. The first-order valence-electron chi connectivity index (χ1n) is 45.2. The molecule has 0 heterocycles. The normalized spacial score (nSPS) is 17.3. The average molecular weight is 1540 g/mol. The van der Waals surface area contributed by atoms with E-state index in [4.69, 9.17) is 0 Å². The summed E-state index contributed by atoms with van der Waals surface area (Å²) in [5.41, 5.74) is 29.9. The van der Waals surface area contributed by atoms with E-state index in [2.05, 4.69) is 385 Å². The Bertz CT molecular complexity index is 5190. The van der Waals surface area contributed by atoms with E-state index < -0.39 is 0 Å². The monoisotopic (exact) mass is 1540 g/mol. The van der Waals surface area contributed by atoms with Crippen molar-refractivity contribution in [3.63, 3.8) is 0 Å². The number of rotatable bonds is 3. The summed E-state index contributed by atoms with van der Waals surface area (Å²) in [6.07, 6.45) is 19.9. The van der Waals surface area contributed by atoms with Gasteiger partial charge in [-0.15, -0.1) is 0 Å². The molecule has 0 N–H and O–H groups in total. The molecule has 11 aromatic rings. The van der Waals surface area contributed by atoms with Crippen molar-refractivity contribution in [2.45, 2.75) is 373 Å². The van der Waals surface area contributed by atoms with E-state index in [-0.39, 0.29) is 43.3 Å². The highest BCUT2D eigenvalue weighted by Gasteiger charge is 2.41. The van der Waals surface area contributed by atoms with Crippen LogP contribution in [0.15, 0.2) is 164 Å². The fourth-order valence-electron chi connectivity index (χ4n) is 21.0. The number of fused-ring (bicyclic) bond motifs is 7. The van der Waals surface area contributed by atoms with Crippen LogP contribution in [0.3, 0.4) is 0 Å². The Morgan fingerprint density at radius 2 is 0.626 bits per heavy atom. The van der Waals surface area contributed by atoms with Crippen molar-refractivity contribution in [2.24, 2.45) is 11.8 Å². The zero-order valence-electron chi connectivity index (χ0n) is 78.9. The van der Waals surface area contributed by atoms with Gasteiger partial charge in [-0.3, -0.25) is 0 Å². The molecule has 4 aliphatic rings. The molecule has 616 valence electrons. The van der Waals surface area contributed by atoms with Gasteiger partial charge in [0.25, 0.3) is 0 Å². The Morgan fingerprint density at radius 1 is 0.235 bits per heavy atom. The van der Waals surface area contributed by atoms with Gasteiger partial charge in [0.15, 0.2) is 0 Å². The number of benzene rings is 11. The van der Waals surface area contributed by atoms with Gasteiger partial charge in [0.2, 0.25) is 0 Å². The lowest BCUT2D eigenvalue weighted by Gasteiger charge is -2.29. The third kappa shape index (κ3) is 21.2. The second-order valence-corrected chi connectivity index (χ2v) is 44.6. The van der Waals surface area contributed by atoms with Crippen LogP contribution in [0.4, 0.5) is 0 Å². The maximum Gasteiger partial charge on any atom is -0.0123 e. The van der Waals surface area contributed by atoms with Crippen molar-refractivity contribution >= 4 is 53.9 Å². The molecule has 2 bridgehead atoms. The van der Waals surface area contributed by atoms with E-state index in [9.17, 15) is 0 Å². The van der Waals surface area contributed by atoms with Gasteiger partial charge < -0.3 is 0 Å². The summed E-state index contributed by atoms with van der Waals surface area (Å²) in [5.74, 6) is 4.43. The molecule has 3 unspecified atom stereocenters. The summed E-state index contributed by atoms with van der Waals surface area (Å²) in [6, 6.07) is 62.0. The molecule has 0 radical (unpaired) electrons. The molecule has 0 saturated heterocycles. The minimum absolute atomic E-state index is 0.174. The van der Waals surface area contributed by atoms with Crippen LogP contribution in [0.5, 0.6) is 0 Å².